The number of amides is 1. The molecule has 0 aliphatic rings. The second-order valence-electron chi connectivity index (χ2n) is 6.59. The summed E-state index contributed by atoms with van der Waals surface area (Å²) in [6.07, 6.45) is 0.307. The molecule has 0 saturated carbocycles. The highest BCUT2D eigenvalue weighted by atomic mass is 32.1. The van der Waals surface area contributed by atoms with Gasteiger partial charge in [-0.15, -0.1) is 11.3 Å². The fourth-order valence-corrected chi connectivity index (χ4v) is 3.52. The lowest BCUT2D eigenvalue weighted by Gasteiger charge is -2.18. The fraction of sp³-hybridized carbons (Fsp3) is 0.182. The molecule has 6 heteroatoms. The summed E-state index contributed by atoms with van der Waals surface area (Å²) in [5.41, 5.74) is 2.23. The zero-order valence-corrected chi connectivity index (χ0v) is 16.1. The smallest absolute Gasteiger partial charge is 0.261 e. The monoisotopic (exact) mass is 397 g/mol. The molecule has 0 saturated heterocycles. The van der Waals surface area contributed by atoms with Gasteiger partial charge in [0.25, 0.3) is 5.91 Å². The Morgan fingerprint density at radius 2 is 1.89 bits per heavy atom. The molecule has 3 aromatic rings. The molecule has 1 unspecified atom stereocenters. The number of ketones is 1. The second kappa shape index (κ2) is 8.80. The van der Waals surface area contributed by atoms with Crippen LogP contribution in [0.1, 0.15) is 26.4 Å². The number of carbonyl (C=O) groups excluding carboxylic acids is 2. The number of aryl methyl sites for hydroxylation is 1. The van der Waals surface area contributed by atoms with Crippen molar-refractivity contribution in [2.45, 2.75) is 25.8 Å². The van der Waals surface area contributed by atoms with Crippen molar-refractivity contribution >= 4 is 23.0 Å². The number of hydrogen-bond donors (Lipinski definition) is 2. The van der Waals surface area contributed by atoms with Crippen LogP contribution < -0.4 is 5.32 Å². The summed E-state index contributed by atoms with van der Waals surface area (Å²) >= 11 is 1.30. The minimum Gasteiger partial charge on any atom is -0.508 e. The zero-order chi connectivity index (χ0) is 20.1. The number of thiophene rings is 1. The first-order valence-corrected chi connectivity index (χ1v) is 9.70. The summed E-state index contributed by atoms with van der Waals surface area (Å²) in [6.45, 7) is 1.82. The molecule has 0 radical (unpaired) electrons. The summed E-state index contributed by atoms with van der Waals surface area (Å²) in [5.74, 6) is -0.787. The van der Waals surface area contributed by atoms with E-state index >= 15 is 0 Å². The maximum Gasteiger partial charge on any atom is 0.261 e. The first-order valence-electron chi connectivity index (χ1n) is 8.82. The number of rotatable bonds is 7. The number of hydrogen-bond acceptors (Lipinski definition) is 4. The van der Waals surface area contributed by atoms with Crippen LogP contribution in [-0.2, 0) is 17.6 Å². The van der Waals surface area contributed by atoms with Gasteiger partial charge in [0.2, 0.25) is 0 Å². The van der Waals surface area contributed by atoms with Crippen LogP contribution in [0.2, 0.25) is 0 Å². The number of nitrogens with one attached hydrogen (secondary N) is 1. The lowest BCUT2D eigenvalue weighted by Crippen LogP contribution is -2.43. The number of phenols is 1. The molecule has 1 heterocycles. The molecule has 3 rings (SSSR count). The normalized spacial score (nSPS) is 11.8. The van der Waals surface area contributed by atoms with E-state index in [4.69, 9.17) is 0 Å². The highest BCUT2D eigenvalue weighted by molar-refractivity contribution is 7.12. The largest absolute Gasteiger partial charge is 0.508 e. The maximum absolute atomic E-state index is 13.6. The fourth-order valence-electron chi connectivity index (χ4n) is 2.89. The van der Waals surface area contributed by atoms with Crippen molar-refractivity contribution in [1.29, 1.82) is 0 Å². The van der Waals surface area contributed by atoms with Crippen molar-refractivity contribution < 1.29 is 19.1 Å². The number of Topliss-reactive ketones (excluding diaryl/α,β-unsaturated/α-hetero) is 1. The van der Waals surface area contributed by atoms with Gasteiger partial charge in [0, 0.05) is 6.42 Å². The van der Waals surface area contributed by atoms with E-state index in [2.05, 4.69) is 5.32 Å². The van der Waals surface area contributed by atoms with Crippen molar-refractivity contribution in [2.24, 2.45) is 0 Å². The Hall–Kier alpha value is -2.99. The van der Waals surface area contributed by atoms with E-state index in [1.54, 1.807) is 35.7 Å². The Balaban J connectivity index is 1.81. The van der Waals surface area contributed by atoms with Gasteiger partial charge >= 0.3 is 0 Å². The minimum absolute atomic E-state index is 0.0249. The molecule has 0 bridgehead atoms. The van der Waals surface area contributed by atoms with E-state index in [0.29, 0.717) is 10.4 Å². The third-order valence-electron chi connectivity index (χ3n) is 4.49. The van der Waals surface area contributed by atoms with Crippen molar-refractivity contribution in [2.75, 3.05) is 0 Å². The molecule has 4 nitrogen and oxygen atoms in total. The zero-order valence-electron chi connectivity index (χ0n) is 15.3. The van der Waals surface area contributed by atoms with Crippen molar-refractivity contribution in [1.82, 2.24) is 5.32 Å². The van der Waals surface area contributed by atoms with Gasteiger partial charge in [-0.25, -0.2) is 4.39 Å². The van der Waals surface area contributed by atoms with Gasteiger partial charge in [-0.05, 0) is 65.7 Å². The van der Waals surface area contributed by atoms with Crippen molar-refractivity contribution in [3.8, 4) is 5.75 Å². The Labute approximate surface area is 166 Å². The molecule has 2 aromatic carbocycles. The number of halogens is 1. The van der Waals surface area contributed by atoms with Crippen molar-refractivity contribution in [3.63, 3.8) is 0 Å². The lowest BCUT2D eigenvalue weighted by atomic mass is 9.95. The molecule has 1 atom stereocenters. The Morgan fingerprint density at radius 3 is 2.57 bits per heavy atom. The molecule has 0 spiro atoms. The van der Waals surface area contributed by atoms with Gasteiger partial charge in [0.05, 0.1) is 10.9 Å². The van der Waals surface area contributed by atoms with Crippen LogP contribution in [0.4, 0.5) is 4.39 Å². The van der Waals surface area contributed by atoms with Crippen LogP contribution in [-0.4, -0.2) is 22.8 Å². The van der Waals surface area contributed by atoms with Gasteiger partial charge in [-0.3, -0.25) is 9.59 Å². The van der Waals surface area contributed by atoms with Gasteiger partial charge in [-0.1, -0.05) is 24.3 Å². The number of phenolic OH excluding ortho intramolecular Hbond substituents is 1. The highest BCUT2D eigenvalue weighted by Crippen LogP contribution is 2.16. The summed E-state index contributed by atoms with van der Waals surface area (Å²) < 4.78 is 13.6. The first kappa shape index (κ1) is 19.8. The van der Waals surface area contributed by atoms with Gasteiger partial charge in [0.1, 0.15) is 11.6 Å². The summed E-state index contributed by atoms with van der Waals surface area (Å²) in [5, 5.41) is 14.0. The maximum atomic E-state index is 13.6. The Morgan fingerprint density at radius 1 is 1.14 bits per heavy atom. The average Bonchev–Trinajstić information content (AvgIpc) is 3.21. The average molecular weight is 397 g/mol. The van der Waals surface area contributed by atoms with E-state index in [1.807, 2.05) is 6.92 Å². The van der Waals surface area contributed by atoms with Crippen LogP contribution in [0.25, 0.3) is 0 Å². The van der Waals surface area contributed by atoms with E-state index in [9.17, 15) is 19.1 Å². The molecular formula is C22H20FNO3S. The Bertz CT molecular complexity index is 968. The third kappa shape index (κ3) is 5.04. The van der Waals surface area contributed by atoms with E-state index in [-0.39, 0.29) is 30.3 Å². The van der Waals surface area contributed by atoms with Crippen LogP contribution in [0.15, 0.2) is 60.0 Å². The Kier molecular flexibility index (Phi) is 6.21. The molecule has 144 valence electrons. The number of aromatic hydroxyl groups is 1. The molecule has 0 fully saturated rings. The second-order valence-corrected chi connectivity index (χ2v) is 7.54. The molecule has 0 aliphatic heterocycles. The molecular weight excluding hydrogens is 377 g/mol. The lowest BCUT2D eigenvalue weighted by molar-refractivity contribution is -0.120. The molecule has 28 heavy (non-hydrogen) atoms. The van der Waals surface area contributed by atoms with E-state index in [0.717, 1.165) is 11.1 Å². The standard InChI is InChI=1S/C22H20FNO3S/c1-14-4-7-17(23)12-16(14)13-20(26)19(11-15-5-8-18(25)9-6-15)24-22(27)21-3-2-10-28-21/h2-10,12,19,25H,11,13H2,1H3,(H,24,27). The summed E-state index contributed by atoms with van der Waals surface area (Å²) in [4.78, 5) is 26.0. The van der Waals surface area contributed by atoms with E-state index in [1.165, 1.54) is 35.6 Å². The van der Waals surface area contributed by atoms with Crippen LogP contribution in [0.5, 0.6) is 5.75 Å². The quantitative estimate of drug-likeness (QED) is 0.632. The number of benzene rings is 2. The van der Waals surface area contributed by atoms with Gasteiger partial charge < -0.3 is 10.4 Å². The van der Waals surface area contributed by atoms with Crippen molar-refractivity contribution in [3.05, 3.63) is 87.4 Å². The molecule has 0 aliphatic carbocycles. The number of carbonyl (C=O) groups is 2. The predicted octanol–water partition coefficient (Wildman–Crippen LogP) is 4.05. The van der Waals surface area contributed by atoms with Crippen LogP contribution in [0, 0.1) is 12.7 Å². The first-order chi connectivity index (χ1) is 13.4. The summed E-state index contributed by atoms with van der Waals surface area (Å²) in [7, 11) is 0. The van der Waals surface area contributed by atoms with Gasteiger partial charge in [0.15, 0.2) is 5.78 Å². The topological polar surface area (TPSA) is 66.4 Å². The minimum atomic E-state index is -0.762. The highest BCUT2D eigenvalue weighted by Gasteiger charge is 2.23. The molecule has 1 amide bonds. The van der Waals surface area contributed by atoms with Crippen LogP contribution in [0.3, 0.4) is 0 Å². The third-order valence-corrected chi connectivity index (χ3v) is 5.36. The van der Waals surface area contributed by atoms with Crippen LogP contribution >= 0.6 is 11.3 Å². The molecule has 1 aromatic heterocycles. The predicted molar refractivity (Wildman–Crippen MR) is 107 cm³/mol. The van der Waals surface area contributed by atoms with Gasteiger partial charge in [-0.2, -0.15) is 0 Å². The molecule has 2 N–H and O–H groups in total. The SMILES string of the molecule is Cc1ccc(F)cc1CC(=O)C(Cc1ccc(O)cc1)NC(=O)c1cccs1. The summed E-state index contributed by atoms with van der Waals surface area (Å²) in [6, 6.07) is 13.5. The van der Waals surface area contributed by atoms with E-state index < -0.39 is 11.9 Å².